The summed E-state index contributed by atoms with van der Waals surface area (Å²) >= 11 is 0. The fourth-order valence-electron chi connectivity index (χ4n) is 1.71. The molecule has 3 atom stereocenters. The minimum atomic E-state index is -0.184. The molecule has 4 heteroatoms. The van der Waals surface area contributed by atoms with Gasteiger partial charge in [0.2, 0.25) is 0 Å². The number of nitrogens with one attached hydrogen (secondary N) is 1. The third-order valence-electron chi connectivity index (χ3n) is 2.68. The smallest absolute Gasteiger partial charge is 0.120 e. The number of rotatable bonds is 5. The highest BCUT2D eigenvalue weighted by Gasteiger charge is 2.32. The van der Waals surface area contributed by atoms with Crippen LogP contribution in [-0.2, 0) is 0 Å². The van der Waals surface area contributed by atoms with Crippen molar-refractivity contribution in [3.8, 4) is 0 Å². The number of hydrogen-bond donors (Lipinski definition) is 2. The summed E-state index contributed by atoms with van der Waals surface area (Å²) in [4.78, 5) is 0. The Balaban J connectivity index is 1.44. The quantitative estimate of drug-likeness (QED) is 0.421. The third-order valence-corrected chi connectivity index (χ3v) is 5.68. The molecule has 0 aromatic rings. The van der Waals surface area contributed by atoms with E-state index < -0.39 is 0 Å². The molecule has 0 saturated carbocycles. The van der Waals surface area contributed by atoms with E-state index in [1.807, 2.05) is 10.8 Å². The lowest BCUT2D eigenvalue weighted by atomic mass is 10.1. The summed E-state index contributed by atoms with van der Waals surface area (Å²) in [6.45, 7) is 0. The van der Waals surface area contributed by atoms with Gasteiger partial charge in [0.15, 0.2) is 0 Å². The first-order chi connectivity index (χ1) is 6.36. The van der Waals surface area contributed by atoms with Crippen LogP contribution in [0.2, 0.25) is 0 Å². The maximum Gasteiger partial charge on any atom is 0.120 e. The summed E-state index contributed by atoms with van der Waals surface area (Å²) in [5, 5.41) is 12.9. The van der Waals surface area contributed by atoms with E-state index in [0.717, 1.165) is 11.7 Å². The molecule has 2 fully saturated rings. The Hall–Kier alpha value is 0.620. The van der Waals surface area contributed by atoms with Crippen LogP contribution < -0.4 is 5.32 Å². The van der Waals surface area contributed by atoms with Crippen LogP contribution >= 0.6 is 21.6 Å². The highest BCUT2D eigenvalue weighted by molar-refractivity contribution is 8.77. The summed E-state index contributed by atoms with van der Waals surface area (Å²) in [5.41, 5.74) is 0. The van der Waals surface area contributed by atoms with Gasteiger partial charge in [-0.15, -0.1) is 0 Å². The molecule has 0 aromatic carbocycles. The second-order valence-electron chi connectivity index (χ2n) is 3.83. The number of aliphatic hydroxyl groups excluding tert-OH is 1. The molecule has 0 amide bonds. The van der Waals surface area contributed by atoms with Crippen LogP contribution in [0.15, 0.2) is 0 Å². The Bertz CT molecular complexity index is 162. The zero-order valence-corrected chi connectivity index (χ0v) is 9.37. The maximum atomic E-state index is 9.02. The maximum absolute atomic E-state index is 9.02. The van der Waals surface area contributed by atoms with E-state index in [9.17, 15) is 0 Å². The van der Waals surface area contributed by atoms with E-state index in [-0.39, 0.29) is 6.23 Å². The van der Waals surface area contributed by atoms with Crippen LogP contribution in [0, 0.1) is 0 Å². The SMILES string of the molecule is OC1NC1CCCCC1CCSS1. The van der Waals surface area contributed by atoms with Crippen LogP contribution in [0.3, 0.4) is 0 Å². The first-order valence-corrected chi connectivity index (χ1v) is 7.47. The highest BCUT2D eigenvalue weighted by Crippen LogP contribution is 2.39. The molecule has 2 nitrogen and oxygen atoms in total. The van der Waals surface area contributed by atoms with Gasteiger partial charge in [0, 0.05) is 17.0 Å². The molecule has 0 aliphatic carbocycles. The topological polar surface area (TPSA) is 42.2 Å². The largest absolute Gasteiger partial charge is 0.377 e. The highest BCUT2D eigenvalue weighted by atomic mass is 33.1. The van der Waals surface area contributed by atoms with Gasteiger partial charge in [-0.1, -0.05) is 34.4 Å². The molecule has 2 aliphatic rings. The van der Waals surface area contributed by atoms with Gasteiger partial charge in [0.05, 0.1) is 0 Å². The van der Waals surface area contributed by atoms with Gasteiger partial charge in [0.25, 0.3) is 0 Å². The standard InChI is InChI=1S/C9H17NOS2/c11-9-8(10-9)4-2-1-3-7-5-6-12-13-7/h7-11H,1-6H2. The second-order valence-corrected chi connectivity index (χ2v) is 6.62. The predicted molar refractivity (Wildman–Crippen MR) is 59.9 cm³/mol. The molecule has 2 aliphatic heterocycles. The van der Waals surface area contributed by atoms with Crippen molar-refractivity contribution in [3.05, 3.63) is 0 Å². The van der Waals surface area contributed by atoms with E-state index in [2.05, 4.69) is 16.1 Å². The van der Waals surface area contributed by atoms with E-state index in [4.69, 9.17) is 5.11 Å². The molecule has 2 N–H and O–H groups in total. The van der Waals surface area contributed by atoms with Crippen LogP contribution in [0.4, 0.5) is 0 Å². The van der Waals surface area contributed by atoms with Crippen LogP contribution in [0.1, 0.15) is 32.1 Å². The zero-order valence-electron chi connectivity index (χ0n) is 7.74. The fraction of sp³-hybridized carbons (Fsp3) is 1.00. The number of aliphatic hydroxyl groups is 1. The Morgan fingerprint density at radius 2 is 2.08 bits per heavy atom. The molecule has 2 heterocycles. The lowest BCUT2D eigenvalue weighted by Gasteiger charge is -2.05. The van der Waals surface area contributed by atoms with Gasteiger partial charge in [-0.3, -0.25) is 5.32 Å². The first kappa shape index (κ1) is 10.1. The first-order valence-electron chi connectivity index (χ1n) is 5.08. The van der Waals surface area contributed by atoms with Crippen LogP contribution in [-0.4, -0.2) is 28.4 Å². The van der Waals surface area contributed by atoms with Crippen molar-refractivity contribution in [2.45, 2.75) is 49.6 Å². The zero-order chi connectivity index (χ0) is 9.10. The van der Waals surface area contributed by atoms with Crippen molar-refractivity contribution < 1.29 is 5.11 Å². The average molecular weight is 219 g/mol. The lowest BCUT2D eigenvalue weighted by Crippen LogP contribution is -1.98. The molecular formula is C9H17NOS2. The normalized spacial score (nSPS) is 38.1. The van der Waals surface area contributed by atoms with E-state index in [1.54, 1.807) is 0 Å². The molecule has 2 rings (SSSR count). The van der Waals surface area contributed by atoms with Crippen LogP contribution in [0.5, 0.6) is 0 Å². The van der Waals surface area contributed by atoms with Gasteiger partial charge in [-0.05, 0) is 19.3 Å². The molecule has 76 valence electrons. The minimum Gasteiger partial charge on any atom is -0.377 e. The van der Waals surface area contributed by atoms with E-state index >= 15 is 0 Å². The Labute approximate surface area is 87.6 Å². The Kier molecular flexibility index (Phi) is 3.84. The fourth-order valence-corrected chi connectivity index (χ4v) is 4.73. The summed E-state index contributed by atoms with van der Waals surface area (Å²) < 4.78 is 0. The Morgan fingerprint density at radius 1 is 1.31 bits per heavy atom. The minimum absolute atomic E-state index is 0.184. The molecule has 2 saturated heterocycles. The van der Waals surface area contributed by atoms with Gasteiger partial charge >= 0.3 is 0 Å². The predicted octanol–water partition coefficient (Wildman–Crippen LogP) is 1.99. The molecule has 0 aromatic heterocycles. The molecule has 0 radical (unpaired) electrons. The van der Waals surface area contributed by atoms with Crippen molar-refractivity contribution in [1.29, 1.82) is 0 Å². The van der Waals surface area contributed by atoms with Gasteiger partial charge in [0.1, 0.15) is 6.23 Å². The van der Waals surface area contributed by atoms with E-state index in [0.29, 0.717) is 6.04 Å². The molecule has 0 bridgehead atoms. The third kappa shape index (κ3) is 3.35. The summed E-state index contributed by atoms with van der Waals surface area (Å²) in [7, 11) is 4.09. The van der Waals surface area contributed by atoms with Crippen molar-refractivity contribution in [3.63, 3.8) is 0 Å². The number of hydrogen-bond acceptors (Lipinski definition) is 4. The van der Waals surface area contributed by atoms with Gasteiger partial charge in [-0.2, -0.15) is 0 Å². The average Bonchev–Trinajstić information content (AvgIpc) is 2.67. The van der Waals surface area contributed by atoms with Crippen molar-refractivity contribution >= 4 is 21.6 Å². The van der Waals surface area contributed by atoms with Crippen LogP contribution in [0.25, 0.3) is 0 Å². The summed E-state index contributed by atoms with van der Waals surface area (Å²) in [6.07, 6.45) is 6.36. The second kappa shape index (κ2) is 4.91. The van der Waals surface area contributed by atoms with Crippen molar-refractivity contribution in [2.24, 2.45) is 0 Å². The van der Waals surface area contributed by atoms with Gasteiger partial charge in [-0.25, -0.2) is 0 Å². The number of unbranched alkanes of at least 4 members (excludes halogenated alkanes) is 1. The molecule has 0 spiro atoms. The summed E-state index contributed by atoms with van der Waals surface area (Å²) in [6, 6.07) is 0.422. The van der Waals surface area contributed by atoms with E-state index in [1.165, 1.54) is 31.4 Å². The molecular weight excluding hydrogens is 202 g/mol. The monoisotopic (exact) mass is 219 g/mol. The Morgan fingerprint density at radius 3 is 2.69 bits per heavy atom. The van der Waals surface area contributed by atoms with Crippen molar-refractivity contribution in [2.75, 3.05) is 5.75 Å². The summed E-state index contributed by atoms with van der Waals surface area (Å²) in [5.74, 6) is 1.35. The molecule has 3 unspecified atom stereocenters. The van der Waals surface area contributed by atoms with Gasteiger partial charge < -0.3 is 5.11 Å². The van der Waals surface area contributed by atoms with Crippen molar-refractivity contribution in [1.82, 2.24) is 5.32 Å². The lowest BCUT2D eigenvalue weighted by molar-refractivity contribution is 0.261. The molecule has 13 heavy (non-hydrogen) atoms.